The van der Waals surface area contributed by atoms with Crippen molar-refractivity contribution in [2.24, 2.45) is 0 Å². The number of pyridine rings is 1. The Labute approximate surface area is 98.4 Å². The Bertz CT molecular complexity index is 548. The van der Waals surface area contributed by atoms with Gasteiger partial charge in [0.15, 0.2) is 0 Å². The third-order valence-electron chi connectivity index (χ3n) is 2.40. The molecule has 1 nitrogen and oxygen atoms in total. The molecule has 0 N–H and O–H groups in total. The molecule has 0 atom stereocenters. The first-order valence-corrected chi connectivity index (χ1v) is 5.26. The minimum absolute atomic E-state index is 0.0318. The van der Waals surface area contributed by atoms with Crippen LogP contribution in [0.2, 0.25) is 0 Å². The van der Waals surface area contributed by atoms with Crippen LogP contribution in [0.15, 0.2) is 42.6 Å². The summed E-state index contributed by atoms with van der Waals surface area (Å²) < 4.78 is 27.5. The minimum atomic E-state index is -0.582. The summed E-state index contributed by atoms with van der Waals surface area (Å²) in [5.74, 6) is -1.15. The molecule has 0 saturated carbocycles. The van der Waals surface area contributed by atoms with E-state index < -0.39 is 11.6 Å². The Morgan fingerprint density at radius 1 is 1.12 bits per heavy atom. The molecule has 1 heterocycles. The molecule has 0 aliphatic rings. The number of allylic oxidation sites excluding steroid dienone is 1. The number of hydrogen-bond donors (Lipinski definition) is 0. The average Bonchev–Trinajstić information content (AvgIpc) is 2.36. The van der Waals surface area contributed by atoms with E-state index in [1.54, 1.807) is 37.4 Å². The first-order chi connectivity index (χ1) is 8.24. The first kappa shape index (κ1) is 11.5. The van der Waals surface area contributed by atoms with Gasteiger partial charge in [-0.1, -0.05) is 18.2 Å². The smallest absolute Gasteiger partial charge is 0.142 e. The summed E-state index contributed by atoms with van der Waals surface area (Å²) >= 11 is 0. The Morgan fingerprint density at radius 3 is 2.59 bits per heavy atom. The Hall–Kier alpha value is -2.03. The quantitative estimate of drug-likeness (QED) is 0.759. The predicted octanol–water partition coefficient (Wildman–Crippen LogP) is 4.06. The number of nitrogens with zero attached hydrogens (tertiary/aromatic N) is 1. The maximum Gasteiger partial charge on any atom is 0.142 e. The summed E-state index contributed by atoms with van der Waals surface area (Å²) in [6.07, 6.45) is 4.59. The lowest BCUT2D eigenvalue weighted by Crippen LogP contribution is -1.94. The van der Waals surface area contributed by atoms with Gasteiger partial charge in [0.2, 0.25) is 0 Å². The summed E-state index contributed by atoms with van der Waals surface area (Å²) in [5, 5.41) is 0. The van der Waals surface area contributed by atoms with Crippen molar-refractivity contribution in [2.75, 3.05) is 0 Å². The summed E-state index contributed by atoms with van der Waals surface area (Å²) in [7, 11) is 0. The van der Waals surface area contributed by atoms with Gasteiger partial charge in [-0.25, -0.2) is 8.78 Å². The van der Waals surface area contributed by atoms with Crippen LogP contribution in [0.4, 0.5) is 8.78 Å². The number of halogens is 2. The molecule has 0 spiro atoms. The summed E-state index contributed by atoms with van der Waals surface area (Å²) in [6.45, 7) is 1.71. The van der Waals surface area contributed by atoms with Crippen molar-refractivity contribution < 1.29 is 8.78 Å². The Kier molecular flexibility index (Phi) is 3.28. The molecular weight excluding hydrogens is 220 g/mol. The zero-order valence-electron chi connectivity index (χ0n) is 9.32. The first-order valence-electron chi connectivity index (χ1n) is 5.26. The lowest BCUT2D eigenvalue weighted by atomic mass is 10.1. The zero-order chi connectivity index (χ0) is 12.3. The van der Waals surface area contributed by atoms with Gasteiger partial charge in [-0.3, -0.25) is 4.98 Å². The van der Waals surface area contributed by atoms with Gasteiger partial charge in [-0.2, -0.15) is 0 Å². The highest BCUT2D eigenvalue weighted by atomic mass is 19.1. The monoisotopic (exact) mass is 231 g/mol. The zero-order valence-corrected chi connectivity index (χ0v) is 9.32. The van der Waals surface area contributed by atoms with Crippen molar-refractivity contribution >= 4 is 6.08 Å². The van der Waals surface area contributed by atoms with Crippen LogP contribution >= 0.6 is 0 Å². The fraction of sp³-hybridized carbons (Fsp3) is 0.0714. The van der Waals surface area contributed by atoms with E-state index in [0.717, 1.165) is 0 Å². The molecule has 0 saturated heterocycles. The van der Waals surface area contributed by atoms with Gasteiger partial charge < -0.3 is 0 Å². The summed E-state index contributed by atoms with van der Waals surface area (Å²) in [6, 6.07) is 7.86. The van der Waals surface area contributed by atoms with E-state index in [4.69, 9.17) is 0 Å². The Balaban J connectivity index is 2.61. The van der Waals surface area contributed by atoms with E-state index in [1.165, 1.54) is 18.2 Å². The standard InChI is InChI=1S/C14H11F2N/c1-2-5-10-12(15)8-7-11(14(10)16)13-6-3-4-9-17-13/h2-9H,1H3/b5-2+. The number of rotatable bonds is 2. The predicted molar refractivity (Wildman–Crippen MR) is 64.3 cm³/mol. The fourth-order valence-electron chi connectivity index (χ4n) is 1.61. The van der Waals surface area contributed by atoms with E-state index in [9.17, 15) is 8.78 Å². The highest BCUT2D eigenvalue weighted by molar-refractivity contribution is 5.65. The van der Waals surface area contributed by atoms with Crippen LogP contribution in [0.1, 0.15) is 12.5 Å². The average molecular weight is 231 g/mol. The van der Waals surface area contributed by atoms with Gasteiger partial charge in [0.05, 0.1) is 5.69 Å². The van der Waals surface area contributed by atoms with Crippen molar-refractivity contribution in [3.63, 3.8) is 0 Å². The highest BCUT2D eigenvalue weighted by Gasteiger charge is 2.13. The van der Waals surface area contributed by atoms with E-state index in [2.05, 4.69) is 4.98 Å². The maximum absolute atomic E-state index is 14.1. The molecule has 1 aromatic heterocycles. The van der Waals surface area contributed by atoms with E-state index >= 15 is 0 Å². The van der Waals surface area contributed by atoms with Crippen molar-refractivity contribution in [1.29, 1.82) is 0 Å². The number of aromatic nitrogens is 1. The maximum atomic E-state index is 14.1. The molecule has 1 aromatic carbocycles. The normalized spacial score (nSPS) is 11.0. The van der Waals surface area contributed by atoms with Gasteiger partial charge in [-0.15, -0.1) is 0 Å². The molecule has 2 aromatic rings. The third-order valence-corrected chi connectivity index (χ3v) is 2.40. The molecule has 0 fully saturated rings. The molecule has 0 radical (unpaired) electrons. The summed E-state index contributed by atoms with van der Waals surface area (Å²) in [4.78, 5) is 4.05. The van der Waals surface area contributed by atoms with Crippen molar-refractivity contribution in [1.82, 2.24) is 4.98 Å². The van der Waals surface area contributed by atoms with Crippen LogP contribution < -0.4 is 0 Å². The van der Waals surface area contributed by atoms with Crippen LogP contribution in [0.5, 0.6) is 0 Å². The fourth-order valence-corrected chi connectivity index (χ4v) is 1.61. The molecule has 0 amide bonds. The Morgan fingerprint density at radius 2 is 1.94 bits per heavy atom. The second-order valence-corrected chi connectivity index (χ2v) is 3.54. The molecule has 2 rings (SSSR count). The molecule has 0 bridgehead atoms. The molecule has 0 unspecified atom stereocenters. The minimum Gasteiger partial charge on any atom is -0.256 e. The van der Waals surface area contributed by atoms with Crippen LogP contribution in [0.3, 0.4) is 0 Å². The van der Waals surface area contributed by atoms with Crippen LogP contribution in [0, 0.1) is 11.6 Å². The number of benzene rings is 1. The molecule has 0 aliphatic heterocycles. The molecule has 17 heavy (non-hydrogen) atoms. The molecule has 0 aliphatic carbocycles. The molecule has 3 heteroatoms. The van der Waals surface area contributed by atoms with Crippen molar-refractivity contribution in [3.05, 3.63) is 59.8 Å². The van der Waals surface area contributed by atoms with Crippen LogP contribution in [0.25, 0.3) is 17.3 Å². The van der Waals surface area contributed by atoms with E-state index in [0.29, 0.717) is 11.3 Å². The van der Waals surface area contributed by atoms with Gasteiger partial charge in [0, 0.05) is 17.3 Å². The second-order valence-electron chi connectivity index (χ2n) is 3.54. The molecule has 86 valence electrons. The van der Waals surface area contributed by atoms with Crippen molar-refractivity contribution in [3.8, 4) is 11.3 Å². The van der Waals surface area contributed by atoms with E-state index in [1.807, 2.05) is 0 Å². The number of hydrogen-bond acceptors (Lipinski definition) is 1. The largest absolute Gasteiger partial charge is 0.256 e. The third kappa shape index (κ3) is 2.23. The second kappa shape index (κ2) is 4.87. The SMILES string of the molecule is C/C=C/c1c(F)ccc(-c2ccccn2)c1F. The van der Waals surface area contributed by atoms with Crippen LogP contribution in [-0.2, 0) is 0 Å². The highest BCUT2D eigenvalue weighted by Crippen LogP contribution is 2.25. The van der Waals surface area contributed by atoms with Crippen molar-refractivity contribution in [2.45, 2.75) is 6.92 Å². The van der Waals surface area contributed by atoms with Gasteiger partial charge in [0.25, 0.3) is 0 Å². The van der Waals surface area contributed by atoms with Gasteiger partial charge in [-0.05, 0) is 31.2 Å². The lowest BCUT2D eigenvalue weighted by molar-refractivity contribution is 0.580. The van der Waals surface area contributed by atoms with Gasteiger partial charge in [0.1, 0.15) is 11.6 Å². The lowest BCUT2D eigenvalue weighted by Gasteiger charge is -2.06. The van der Waals surface area contributed by atoms with Gasteiger partial charge >= 0.3 is 0 Å². The van der Waals surface area contributed by atoms with E-state index in [-0.39, 0.29) is 5.56 Å². The summed E-state index contributed by atoms with van der Waals surface area (Å²) in [5.41, 5.74) is 0.770. The van der Waals surface area contributed by atoms with Crippen LogP contribution in [-0.4, -0.2) is 4.98 Å². The molecular formula is C14H11F2N. The topological polar surface area (TPSA) is 12.9 Å².